The zero-order valence-electron chi connectivity index (χ0n) is 19.5. The SMILES string of the molecule is CCCCCCCCCCCCCCC[C@@H](O)[C@H](C)NC(=O)/C=C/c1ccccc1. The fourth-order valence-electron chi connectivity index (χ4n) is 3.73. The average molecular weight is 416 g/mol. The number of unbranched alkanes of at least 4 members (excludes halogenated alkanes) is 12. The maximum absolute atomic E-state index is 12.0. The van der Waals surface area contributed by atoms with E-state index in [-0.39, 0.29) is 11.9 Å². The van der Waals surface area contributed by atoms with E-state index in [1.54, 1.807) is 6.08 Å². The molecule has 0 heterocycles. The molecule has 0 aromatic heterocycles. The van der Waals surface area contributed by atoms with Crippen molar-refractivity contribution in [3.8, 4) is 0 Å². The van der Waals surface area contributed by atoms with Gasteiger partial charge < -0.3 is 10.4 Å². The van der Waals surface area contributed by atoms with Gasteiger partial charge in [0, 0.05) is 6.08 Å². The van der Waals surface area contributed by atoms with Gasteiger partial charge in [0.25, 0.3) is 0 Å². The van der Waals surface area contributed by atoms with E-state index in [9.17, 15) is 9.90 Å². The van der Waals surface area contributed by atoms with Gasteiger partial charge in [-0.2, -0.15) is 0 Å². The molecule has 0 aliphatic carbocycles. The minimum Gasteiger partial charge on any atom is -0.391 e. The fraction of sp³-hybridized carbons (Fsp3) is 0.667. The molecule has 0 bridgehead atoms. The summed E-state index contributed by atoms with van der Waals surface area (Å²) in [7, 11) is 0. The summed E-state index contributed by atoms with van der Waals surface area (Å²) in [5, 5.41) is 13.2. The molecule has 1 amide bonds. The van der Waals surface area contributed by atoms with Crippen molar-refractivity contribution in [2.45, 2.75) is 116 Å². The van der Waals surface area contributed by atoms with Crippen molar-refractivity contribution in [3.05, 3.63) is 42.0 Å². The van der Waals surface area contributed by atoms with E-state index < -0.39 is 6.10 Å². The number of aliphatic hydroxyl groups excluding tert-OH is 1. The van der Waals surface area contributed by atoms with Crippen molar-refractivity contribution in [2.24, 2.45) is 0 Å². The molecule has 0 aliphatic rings. The van der Waals surface area contributed by atoms with Crippen molar-refractivity contribution in [1.29, 1.82) is 0 Å². The van der Waals surface area contributed by atoms with Crippen LogP contribution in [-0.2, 0) is 4.79 Å². The summed E-state index contributed by atoms with van der Waals surface area (Å²) in [4.78, 5) is 12.0. The minimum absolute atomic E-state index is 0.157. The van der Waals surface area contributed by atoms with Gasteiger partial charge in [0.2, 0.25) is 5.91 Å². The van der Waals surface area contributed by atoms with Crippen LogP contribution in [0.4, 0.5) is 0 Å². The smallest absolute Gasteiger partial charge is 0.244 e. The first-order valence-electron chi connectivity index (χ1n) is 12.3. The van der Waals surface area contributed by atoms with E-state index in [4.69, 9.17) is 0 Å². The standard InChI is InChI=1S/C27H45NO2/c1-3-4-5-6-7-8-9-10-11-12-13-14-18-21-26(29)24(2)28-27(30)23-22-25-19-16-15-17-20-25/h15-17,19-20,22-24,26,29H,3-14,18,21H2,1-2H3,(H,28,30)/b23-22+/t24-,26+/m0/s1. The van der Waals surface area contributed by atoms with Crippen molar-refractivity contribution < 1.29 is 9.90 Å². The molecule has 1 aromatic carbocycles. The zero-order chi connectivity index (χ0) is 21.9. The third kappa shape index (κ3) is 14.4. The molecule has 170 valence electrons. The number of aliphatic hydroxyl groups is 1. The first-order chi connectivity index (χ1) is 14.6. The van der Waals surface area contributed by atoms with Crippen LogP contribution in [0.15, 0.2) is 36.4 Å². The van der Waals surface area contributed by atoms with Gasteiger partial charge in [-0.15, -0.1) is 0 Å². The number of carbonyl (C=O) groups excluding carboxylic acids is 1. The summed E-state index contributed by atoms with van der Waals surface area (Å²) < 4.78 is 0. The molecule has 2 atom stereocenters. The van der Waals surface area contributed by atoms with Crippen LogP contribution in [0.3, 0.4) is 0 Å². The summed E-state index contributed by atoms with van der Waals surface area (Å²) in [6.45, 7) is 4.15. The molecular formula is C27H45NO2. The van der Waals surface area contributed by atoms with E-state index in [0.29, 0.717) is 0 Å². The molecule has 0 radical (unpaired) electrons. The van der Waals surface area contributed by atoms with Gasteiger partial charge in [-0.1, -0.05) is 121 Å². The van der Waals surface area contributed by atoms with Crippen LogP contribution in [-0.4, -0.2) is 23.2 Å². The van der Waals surface area contributed by atoms with Gasteiger partial charge in [-0.25, -0.2) is 0 Å². The molecule has 3 heteroatoms. The number of carbonyl (C=O) groups is 1. The lowest BCUT2D eigenvalue weighted by Gasteiger charge is -2.19. The second-order valence-electron chi connectivity index (χ2n) is 8.64. The molecule has 0 unspecified atom stereocenters. The number of benzene rings is 1. The van der Waals surface area contributed by atoms with Gasteiger partial charge >= 0.3 is 0 Å². The largest absolute Gasteiger partial charge is 0.391 e. The number of amides is 1. The van der Waals surface area contributed by atoms with Crippen LogP contribution in [0, 0.1) is 0 Å². The molecule has 0 saturated carbocycles. The van der Waals surface area contributed by atoms with Gasteiger partial charge in [-0.3, -0.25) is 4.79 Å². The second kappa shape index (κ2) is 18.2. The highest BCUT2D eigenvalue weighted by molar-refractivity contribution is 5.91. The second-order valence-corrected chi connectivity index (χ2v) is 8.64. The van der Waals surface area contributed by atoms with Gasteiger partial charge in [0.05, 0.1) is 12.1 Å². The average Bonchev–Trinajstić information content (AvgIpc) is 2.76. The quantitative estimate of drug-likeness (QED) is 0.199. The molecule has 0 aliphatic heterocycles. The molecule has 3 nitrogen and oxygen atoms in total. The number of hydrogen-bond donors (Lipinski definition) is 2. The predicted molar refractivity (Wildman–Crippen MR) is 129 cm³/mol. The van der Waals surface area contributed by atoms with E-state index in [1.807, 2.05) is 37.3 Å². The number of hydrogen-bond acceptors (Lipinski definition) is 2. The summed E-state index contributed by atoms with van der Waals surface area (Å²) in [5.74, 6) is -0.157. The highest BCUT2D eigenvalue weighted by Crippen LogP contribution is 2.14. The van der Waals surface area contributed by atoms with E-state index in [1.165, 1.54) is 83.1 Å². The van der Waals surface area contributed by atoms with Crippen LogP contribution in [0.1, 0.15) is 109 Å². The summed E-state index contributed by atoms with van der Waals surface area (Å²) >= 11 is 0. The van der Waals surface area contributed by atoms with E-state index in [0.717, 1.165) is 18.4 Å². The lowest BCUT2D eigenvalue weighted by Crippen LogP contribution is -2.40. The molecule has 1 aromatic rings. The van der Waals surface area contributed by atoms with E-state index >= 15 is 0 Å². The Morgan fingerprint density at radius 1 is 0.867 bits per heavy atom. The highest BCUT2D eigenvalue weighted by Gasteiger charge is 2.14. The van der Waals surface area contributed by atoms with Crippen LogP contribution in [0.2, 0.25) is 0 Å². The topological polar surface area (TPSA) is 49.3 Å². The van der Waals surface area contributed by atoms with Gasteiger partial charge in [0.1, 0.15) is 0 Å². The third-order valence-electron chi connectivity index (χ3n) is 5.78. The minimum atomic E-state index is -0.480. The Morgan fingerprint density at radius 2 is 1.37 bits per heavy atom. The molecule has 0 saturated heterocycles. The maximum Gasteiger partial charge on any atom is 0.244 e. The normalized spacial score (nSPS) is 13.4. The van der Waals surface area contributed by atoms with Crippen LogP contribution >= 0.6 is 0 Å². The number of rotatable bonds is 18. The summed E-state index contributed by atoms with van der Waals surface area (Å²) in [5.41, 5.74) is 0.993. The monoisotopic (exact) mass is 415 g/mol. The Bertz CT molecular complexity index is 555. The van der Waals surface area contributed by atoms with Crippen LogP contribution in [0.5, 0.6) is 0 Å². The Morgan fingerprint density at radius 3 is 1.90 bits per heavy atom. The molecule has 0 fully saturated rings. The lowest BCUT2D eigenvalue weighted by molar-refractivity contribution is -0.117. The lowest BCUT2D eigenvalue weighted by atomic mass is 10.0. The molecule has 30 heavy (non-hydrogen) atoms. The molecule has 0 spiro atoms. The first kappa shape index (κ1) is 26.4. The first-order valence-corrected chi connectivity index (χ1v) is 12.3. The van der Waals surface area contributed by atoms with Crippen molar-refractivity contribution in [2.75, 3.05) is 0 Å². The van der Waals surface area contributed by atoms with Gasteiger partial charge in [-0.05, 0) is 25.0 Å². The Balaban J connectivity index is 1.97. The van der Waals surface area contributed by atoms with Crippen LogP contribution < -0.4 is 5.32 Å². The fourth-order valence-corrected chi connectivity index (χ4v) is 3.73. The predicted octanol–water partition coefficient (Wildman–Crippen LogP) is 7.05. The zero-order valence-corrected chi connectivity index (χ0v) is 19.5. The van der Waals surface area contributed by atoms with Crippen molar-refractivity contribution >= 4 is 12.0 Å². The molecule has 2 N–H and O–H groups in total. The maximum atomic E-state index is 12.0. The highest BCUT2D eigenvalue weighted by atomic mass is 16.3. The Hall–Kier alpha value is -1.61. The molecular weight excluding hydrogens is 370 g/mol. The Kier molecular flexibility index (Phi) is 16.0. The van der Waals surface area contributed by atoms with Crippen molar-refractivity contribution in [3.63, 3.8) is 0 Å². The summed E-state index contributed by atoms with van der Waals surface area (Å²) in [6, 6.07) is 9.52. The van der Waals surface area contributed by atoms with Crippen LogP contribution in [0.25, 0.3) is 6.08 Å². The number of nitrogens with one attached hydrogen (secondary N) is 1. The summed E-state index contributed by atoms with van der Waals surface area (Å²) in [6.07, 6.45) is 20.8. The third-order valence-corrected chi connectivity index (χ3v) is 5.78. The molecule has 1 rings (SSSR count). The van der Waals surface area contributed by atoms with Gasteiger partial charge in [0.15, 0.2) is 0 Å². The van der Waals surface area contributed by atoms with E-state index in [2.05, 4.69) is 12.2 Å². The van der Waals surface area contributed by atoms with Crippen molar-refractivity contribution in [1.82, 2.24) is 5.32 Å². The Labute approximate surface area is 185 Å².